The topological polar surface area (TPSA) is 58.6 Å². The summed E-state index contributed by atoms with van der Waals surface area (Å²) in [5.74, 6) is -0.317. The van der Waals surface area contributed by atoms with Crippen LogP contribution in [0.4, 0.5) is 18.0 Å². The molecule has 0 aliphatic carbocycles. The summed E-state index contributed by atoms with van der Waals surface area (Å²) in [7, 11) is 1.48. The summed E-state index contributed by atoms with van der Waals surface area (Å²) in [5, 5.41) is 2.62. The van der Waals surface area contributed by atoms with Gasteiger partial charge in [0.15, 0.2) is 5.78 Å². The lowest BCUT2D eigenvalue weighted by atomic mass is 9.91. The van der Waals surface area contributed by atoms with Crippen molar-refractivity contribution in [1.29, 1.82) is 0 Å². The maximum atomic E-state index is 13.0. The van der Waals surface area contributed by atoms with Crippen LogP contribution in [-0.4, -0.2) is 37.0 Å². The van der Waals surface area contributed by atoms with E-state index in [0.29, 0.717) is 5.70 Å². The Morgan fingerprint density at radius 2 is 2.04 bits per heavy atom. The number of carbonyl (C=O) groups excluding carboxylic acids is 2. The molecule has 2 rings (SSSR count). The first kappa shape index (κ1) is 19.0. The number of methoxy groups -OCH3 is 1. The van der Waals surface area contributed by atoms with E-state index in [4.69, 9.17) is 4.74 Å². The molecule has 1 aliphatic heterocycles. The van der Waals surface area contributed by atoms with Crippen LogP contribution in [0.25, 0.3) is 0 Å². The van der Waals surface area contributed by atoms with Crippen LogP contribution in [0.5, 0.6) is 0 Å². The highest BCUT2D eigenvalue weighted by atomic mass is 19.4. The minimum atomic E-state index is -4.51. The molecule has 0 radical (unpaired) electrons. The molecule has 1 aliphatic rings. The summed E-state index contributed by atoms with van der Waals surface area (Å²) < 4.78 is 43.8. The van der Waals surface area contributed by atoms with Gasteiger partial charge in [-0.15, -0.1) is 0 Å². The number of ether oxygens (including phenoxy) is 1. The average molecular weight is 356 g/mol. The molecule has 2 amide bonds. The highest BCUT2D eigenvalue weighted by Crippen LogP contribution is 2.35. The number of nitrogens with one attached hydrogen (secondary N) is 1. The van der Waals surface area contributed by atoms with Crippen molar-refractivity contribution in [3.8, 4) is 0 Å². The first-order valence-corrected chi connectivity index (χ1v) is 7.62. The van der Waals surface area contributed by atoms with Crippen molar-refractivity contribution in [2.75, 3.05) is 20.3 Å². The van der Waals surface area contributed by atoms with Crippen molar-refractivity contribution < 1.29 is 27.5 Å². The normalized spacial score (nSPS) is 18.4. The van der Waals surface area contributed by atoms with Crippen molar-refractivity contribution in [3.05, 3.63) is 46.7 Å². The number of amides is 2. The monoisotopic (exact) mass is 356 g/mol. The van der Waals surface area contributed by atoms with Crippen LogP contribution in [0.2, 0.25) is 0 Å². The molecule has 0 saturated carbocycles. The zero-order valence-electron chi connectivity index (χ0n) is 14.1. The number of ketones is 1. The van der Waals surface area contributed by atoms with E-state index in [0.717, 1.165) is 12.1 Å². The Kier molecular flexibility index (Phi) is 5.52. The second kappa shape index (κ2) is 7.26. The number of halogens is 3. The van der Waals surface area contributed by atoms with E-state index in [1.165, 1.54) is 31.1 Å². The Labute approximate surface area is 143 Å². The highest BCUT2D eigenvalue weighted by molar-refractivity contribution is 5.98. The van der Waals surface area contributed by atoms with Gasteiger partial charge >= 0.3 is 12.2 Å². The first-order valence-electron chi connectivity index (χ1n) is 7.62. The van der Waals surface area contributed by atoms with Gasteiger partial charge < -0.3 is 10.1 Å². The number of rotatable bonds is 5. The Morgan fingerprint density at radius 3 is 2.60 bits per heavy atom. The van der Waals surface area contributed by atoms with Crippen molar-refractivity contribution >= 4 is 11.8 Å². The molecule has 1 N–H and O–H groups in total. The number of urea groups is 1. The molecule has 1 aromatic carbocycles. The lowest BCUT2D eigenvalue weighted by molar-refractivity contribution is -0.137. The highest BCUT2D eigenvalue weighted by Gasteiger charge is 2.36. The summed E-state index contributed by atoms with van der Waals surface area (Å²) in [5.41, 5.74) is 0.0477. The van der Waals surface area contributed by atoms with Crippen LogP contribution in [0, 0.1) is 0 Å². The van der Waals surface area contributed by atoms with E-state index in [-0.39, 0.29) is 30.1 Å². The molecule has 136 valence electrons. The number of allylic oxidation sites excluding steroid dienone is 1. The Bertz CT molecular complexity index is 713. The van der Waals surface area contributed by atoms with Crippen LogP contribution in [0.1, 0.15) is 31.0 Å². The van der Waals surface area contributed by atoms with E-state index >= 15 is 0 Å². The third-order valence-electron chi connectivity index (χ3n) is 4.04. The third kappa shape index (κ3) is 4.01. The summed E-state index contributed by atoms with van der Waals surface area (Å²) in [6.45, 7) is 3.43. The van der Waals surface area contributed by atoms with Gasteiger partial charge in [-0.05, 0) is 31.5 Å². The minimum absolute atomic E-state index is 0.208. The number of benzene rings is 1. The third-order valence-corrected chi connectivity index (χ3v) is 4.04. The Hall–Kier alpha value is -2.35. The second-order valence-electron chi connectivity index (χ2n) is 5.71. The van der Waals surface area contributed by atoms with Crippen LogP contribution < -0.4 is 5.32 Å². The molecule has 0 spiro atoms. The van der Waals surface area contributed by atoms with Gasteiger partial charge in [-0.25, -0.2) is 4.79 Å². The maximum absolute atomic E-state index is 13.0. The number of hydrogen-bond acceptors (Lipinski definition) is 3. The van der Waals surface area contributed by atoms with E-state index in [9.17, 15) is 22.8 Å². The molecule has 1 heterocycles. The predicted octanol–water partition coefficient (Wildman–Crippen LogP) is 3.28. The quantitative estimate of drug-likeness (QED) is 0.881. The van der Waals surface area contributed by atoms with Crippen molar-refractivity contribution in [2.45, 2.75) is 26.1 Å². The zero-order valence-corrected chi connectivity index (χ0v) is 14.1. The molecule has 1 atom stereocenters. The molecule has 1 unspecified atom stereocenters. The lowest BCUT2D eigenvalue weighted by Gasteiger charge is -2.35. The average Bonchev–Trinajstić information content (AvgIpc) is 2.53. The lowest BCUT2D eigenvalue weighted by Crippen LogP contribution is -2.48. The van der Waals surface area contributed by atoms with Gasteiger partial charge in [0.05, 0.1) is 24.8 Å². The number of Topliss-reactive ketones (excluding diaryl/α,β-unsaturated/α-hetero) is 1. The van der Waals surface area contributed by atoms with E-state index in [1.54, 1.807) is 6.92 Å². The van der Waals surface area contributed by atoms with Gasteiger partial charge in [0, 0.05) is 18.4 Å². The van der Waals surface area contributed by atoms with Gasteiger partial charge in [-0.1, -0.05) is 12.1 Å². The fourth-order valence-electron chi connectivity index (χ4n) is 2.83. The van der Waals surface area contributed by atoms with Gasteiger partial charge in [-0.3, -0.25) is 9.69 Å². The largest absolute Gasteiger partial charge is 0.416 e. The van der Waals surface area contributed by atoms with Gasteiger partial charge in [0.2, 0.25) is 0 Å². The van der Waals surface area contributed by atoms with Crippen molar-refractivity contribution in [3.63, 3.8) is 0 Å². The molecule has 0 fully saturated rings. The van der Waals surface area contributed by atoms with Crippen molar-refractivity contribution in [1.82, 2.24) is 10.2 Å². The van der Waals surface area contributed by atoms with Crippen LogP contribution in [0.3, 0.4) is 0 Å². The van der Waals surface area contributed by atoms with Crippen molar-refractivity contribution in [2.24, 2.45) is 0 Å². The predicted molar refractivity (Wildman–Crippen MR) is 84.7 cm³/mol. The summed E-state index contributed by atoms with van der Waals surface area (Å²) in [6, 6.07) is 3.21. The number of hydrogen-bond donors (Lipinski definition) is 1. The number of nitrogens with zero attached hydrogens (tertiary/aromatic N) is 1. The fourth-order valence-corrected chi connectivity index (χ4v) is 2.83. The summed E-state index contributed by atoms with van der Waals surface area (Å²) in [6.07, 6.45) is -4.51. The van der Waals surface area contributed by atoms with Crippen LogP contribution in [-0.2, 0) is 15.7 Å². The number of carbonyl (C=O) groups is 2. The molecule has 0 saturated heterocycles. The van der Waals surface area contributed by atoms with Crippen LogP contribution in [0.15, 0.2) is 35.5 Å². The standard InChI is InChI=1S/C17H19F3N2O3/c1-10-14(11(2)23)15(21-16(24)22(10)7-8-25-3)12-5-4-6-13(9-12)17(18,19)20/h4-6,9,15H,7-8H2,1-3H3,(H,21,24). The molecule has 0 bridgehead atoms. The van der Waals surface area contributed by atoms with Gasteiger partial charge in [-0.2, -0.15) is 13.2 Å². The van der Waals surface area contributed by atoms with E-state index in [2.05, 4.69) is 5.32 Å². The van der Waals surface area contributed by atoms with E-state index in [1.807, 2.05) is 0 Å². The van der Waals surface area contributed by atoms with Gasteiger partial charge in [0.1, 0.15) is 0 Å². The zero-order chi connectivity index (χ0) is 18.8. The molecular weight excluding hydrogens is 337 g/mol. The molecule has 5 nitrogen and oxygen atoms in total. The summed E-state index contributed by atoms with van der Waals surface area (Å²) in [4.78, 5) is 25.8. The molecule has 25 heavy (non-hydrogen) atoms. The first-order chi connectivity index (χ1) is 11.7. The minimum Gasteiger partial charge on any atom is -0.383 e. The van der Waals surface area contributed by atoms with Crippen LogP contribution >= 0.6 is 0 Å². The fraction of sp³-hybridized carbons (Fsp3) is 0.412. The summed E-state index contributed by atoms with van der Waals surface area (Å²) >= 11 is 0. The van der Waals surface area contributed by atoms with Gasteiger partial charge in [0.25, 0.3) is 0 Å². The smallest absolute Gasteiger partial charge is 0.383 e. The molecule has 8 heteroatoms. The molecular formula is C17H19F3N2O3. The maximum Gasteiger partial charge on any atom is 0.416 e. The Morgan fingerprint density at radius 1 is 1.36 bits per heavy atom. The second-order valence-corrected chi connectivity index (χ2v) is 5.71. The SMILES string of the molecule is COCCN1C(=O)NC(c2cccc(C(F)(F)F)c2)C(C(C)=O)=C1C. The van der Waals surface area contributed by atoms with E-state index < -0.39 is 23.8 Å². The molecule has 1 aromatic rings. The molecule has 0 aromatic heterocycles. The Balaban J connectivity index is 2.49. The number of alkyl halides is 3.